The predicted molar refractivity (Wildman–Crippen MR) is 141 cm³/mol. The Morgan fingerprint density at radius 2 is 1.62 bits per heavy atom. The number of nitrogens with one attached hydrogen (secondary N) is 1. The van der Waals surface area contributed by atoms with Crippen LogP contribution in [0.15, 0.2) is 78.9 Å². The summed E-state index contributed by atoms with van der Waals surface area (Å²) in [5.74, 6) is -0.296. The smallest absolute Gasteiger partial charge is 0.251 e. The second-order valence-corrected chi connectivity index (χ2v) is 9.84. The standard InChI is InChI=1S/C28H30N6O3/c1-19-10-12-21(13-11-19)26-30-32-33(31-26)18-24(36)34(22-8-6-5-7-9-22)25(27(37)29-28(2,3)4)20-14-16-23(35)17-15-20/h5-17,25,35H,18H2,1-4H3,(H,29,37)/t25-/m0/s1. The lowest BCUT2D eigenvalue weighted by Crippen LogP contribution is -2.50. The average molecular weight is 499 g/mol. The van der Waals surface area contributed by atoms with Crippen molar-refractivity contribution in [3.8, 4) is 17.1 Å². The Kier molecular flexibility index (Phi) is 7.33. The van der Waals surface area contributed by atoms with Crippen molar-refractivity contribution < 1.29 is 14.7 Å². The average Bonchev–Trinajstić information content (AvgIpc) is 3.31. The summed E-state index contributed by atoms with van der Waals surface area (Å²) in [4.78, 5) is 30.1. The van der Waals surface area contributed by atoms with Gasteiger partial charge in [-0.2, -0.15) is 4.80 Å². The lowest BCUT2D eigenvalue weighted by molar-refractivity contribution is -0.128. The highest BCUT2D eigenvalue weighted by Crippen LogP contribution is 2.30. The molecule has 0 aliphatic rings. The maximum absolute atomic E-state index is 13.8. The van der Waals surface area contributed by atoms with Crippen LogP contribution >= 0.6 is 0 Å². The Morgan fingerprint density at radius 3 is 2.24 bits per heavy atom. The van der Waals surface area contributed by atoms with E-state index in [1.165, 1.54) is 21.8 Å². The van der Waals surface area contributed by atoms with Crippen molar-refractivity contribution in [3.63, 3.8) is 0 Å². The highest BCUT2D eigenvalue weighted by molar-refractivity contribution is 6.01. The molecule has 2 amide bonds. The Balaban J connectivity index is 1.71. The molecule has 0 saturated carbocycles. The number of rotatable bonds is 7. The zero-order valence-electron chi connectivity index (χ0n) is 21.3. The first-order valence-electron chi connectivity index (χ1n) is 11.9. The molecule has 9 heteroatoms. The molecule has 37 heavy (non-hydrogen) atoms. The summed E-state index contributed by atoms with van der Waals surface area (Å²) in [5, 5.41) is 25.4. The van der Waals surface area contributed by atoms with Gasteiger partial charge in [0.15, 0.2) is 0 Å². The molecule has 0 saturated heterocycles. The first kappa shape index (κ1) is 25.6. The largest absolute Gasteiger partial charge is 0.508 e. The molecule has 190 valence electrons. The van der Waals surface area contributed by atoms with Crippen molar-refractivity contribution in [2.75, 3.05) is 4.90 Å². The SMILES string of the molecule is Cc1ccc(-c2nnn(CC(=O)N(c3ccccc3)[C@H](C(=O)NC(C)(C)C)c3ccc(O)cc3)n2)cc1. The second-order valence-electron chi connectivity index (χ2n) is 9.84. The van der Waals surface area contributed by atoms with E-state index in [4.69, 9.17) is 0 Å². The molecular weight excluding hydrogens is 468 g/mol. The molecule has 2 N–H and O–H groups in total. The number of anilines is 1. The number of amides is 2. The summed E-state index contributed by atoms with van der Waals surface area (Å²) < 4.78 is 0. The third kappa shape index (κ3) is 6.38. The minimum Gasteiger partial charge on any atom is -0.508 e. The summed E-state index contributed by atoms with van der Waals surface area (Å²) in [6, 6.07) is 21.9. The Hall–Kier alpha value is -4.53. The van der Waals surface area contributed by atoms with Crippen LogP contribution in [0.5, 0.6) is 5.75 Å². The van der Waals surface area contributed by atoms with E-state index in [0.29, 0.717) is 17.1 Å². The van der Waals surface area contributed by atoms with Crippen molar-refractivity contribution in [1.82, 2.24) is 25.5 Å². The van der Waals surface area contributed by atoms with Crippen LogP contribution in [0.2, 0.25) is 0 Å². The van der Waals surface area contributed by atoms with Crippen molar-refractivity contribution in [1.29, 1.82) is 0 Å². The van der Waals surface area contributed by atoms with Gasteiger partial charge in [-0.3, -0.25) is 14.5 Å². The summed E-state index contributed by atoms with van der Waals surface area (Å²) in [6.07, 6.45) is 0. The monoisotopic (exact) mass is 498 g/mol. The van der Waals surface area contributed by atoms with Crippen LogP contribution in [0.3, 0.4) is 0 Å². The van der Waals surface area contributed by atoms with Crippen LogP contribution in [0.1, 0.15) is 37.9 Å². The van der Waals surface area contributed by atoms with Crippen LogP contribution in [0, 0.1) is 6.92 Å². The summed E-state index contributed by atoms with van der Waals surface area (Å²) in [5.41, 5.74) is 2.44. The normalized spacial score (nSPS) is 12.1. The summed E-state index contributed by atoms with van der Waals surface area (Å²) in [7, 11) is 0. The van der Waals surface area contributed by atoms with Gasteiger partial charge < -0.3 is 10.4 Å². The molecular formula is C28H30N6O3. The van der Waals surface area contributed by atoms with Crippen molar-refractivity contribution in [3.05, 3.63) is 90.0 Å². The topological polar surface area (TPSA) is 113 Å². The lowest BCUT2D eigenvalue weighted by atomic mass is 10.0. The third-order valence-corrected chi connectivity index (χ3v) is 5.56. The molecule has 0 aliphatic carbocycles. The number of aryl methyl sites for hydroxylation is 1. The van der Waals surface area contributed by atoms with E-state index >= 15 is 0 Å². The van der Waals surface area contributed by atoms with Gasteiger partial charge in [0.1, 0.15) is 18.3 Å². The summed E-state index contributed by atoms with van der Waals surface area (Å²) in [6.45, 7) is 7.38. The number of phenols is 1. The molecule has 1 heterocycles. The third-order valence-electron chi connectivity index (χ3n) is 5.56. The first-order valence-corrected chi connectivity index (χ1v) is 11.9. The van der Waals surface area contributed by atoms with Crippen LogP contribution < -0.4 is 10.2 Å². The number of benzene rings is 3. The van der Waals surface area contributed by atoms with E-state index < -0.39 is 17.5 Å². The molecule has 4 aromatic rings. The molecule has 4 rings (SSSR count). The Labute approximate surface area is 215 Å². The fourth-order valence-corrected chi connectivity index (χ4v) is 3.86. The lowest BCUT2D eigenvalue weighted by Gasteiger charge is -2.33. The number of aromatic hydroxyl groups is 1. The van der Waals surface area contributed by atoms with Gasteiger partial charge in [-0.15, -0.1) is 10.2 Å². The molecule has 1 atom stereocenters. The molecule has 0 fully saturated rings. The maximum Gasteiger partial charge on any atom is 0.251 e. The van der Waals surface area contributed by atoms with Crippen molar-refractivity contribution in [2.45, 2.75) is 45.8 Å². The van der Waals surface area contributed by atoms with Crippen molar-refractivity contribution >= 4 is 17.5 Å². The molecule has 0 aliphatic heterocycles. The Bertz CT molecular complexity index is 1360. The molecule has 0 radical (unpaired) electrons. The van der Waals surface area contributed by atoms with Gasteiger partial charge in [0.25, 0.3) is 5.91 Å². The number of nitrogens with zero attached hydrogens (tertiary/aromatic N) is 5. The molecule has 1 aromatic heterocycles. The zero-order valence-corrected chi connectivity index (χ0v) is 21.3. The van der Waals surface area contributed by atoms with Gasteiger partial charge >= 0.3 is 0 Å². The second kappa shape index (κ2) is 10.6. The number of para-hydroxylation sites is 1. The number of hydrogen-bond acceptors (Lipinski definition) is 6. The van der Waals surface area contributed by atoms with Crippen LogP contribution in [0.25, 0.3) is 11.4 Å². The highest BCUT2D eigenvalue weighted by atomic mass is 16.3. The predicted octanol–water partition coefficient (Wildman–Crippen LogP) is 4.04. The van der Waals surface area contributed by atoms with E-state index in [-0.39, 0.29) is 18.2 Å². The number of carbonyl (C=O) groups excluding carboxylic acids is 2. The van der Waals surface area contributed by atoms with Gasteiger partial charge in [-0.05, 0) is 62.7 Å². The fraction of sp³-hybridized carbons (Fsp3) is 0.250. The highest BCUT2D eigenvalue weighted by Gasteiger charge is 2.34. The minimum atomic E-state index is -1.00. The first-order chi connectivity index (χ1) is 17.6. The molecule has 0 spiro atoms. The van der Waals surface area contributed by atoms with E-state index in [1.54, 1.807) is 36.4 Å². The van der Waals surface area contributed by atoms with E-state index in [2.05, 4.69) is 20.7 Å². The van der Waals surface area contributed by atoms with Crippen LogP contribution in [-0.2, 0) is 16.1 Å². The van der Waals surface area contributed by atoms with Gasteiger partial charge in [-0.1, -0.05) is 60.2 Å². The number of phenolic OH excluding ortho intramolecular Hbond substituents is 1. The molecule has 0 unspecified atom stereocenters. The number of aromatic nitrogens is 4. The van der Waals surface area contributed by atoms with Gasteiger partial charge in [0.05, 0.1) is 0 Å². The zero-order chi connectivity index (χ0) is 26.6. The van der Waals surface area contributed by atoms with Gasteiger partial charge in [0.2, 0.25) is 11.7 Å². The van der Waals surface area contributed by atoms with Crippen molar-refractivity contribution in [2.24, 2.45) is 0 Å². The fourth-order valence-electron chi connectivity index (χ4n) is 3.86. The number of tetrazole rings is 1. The quantitative estimate of drug-likeness (QED) is 0.398. The van der Waals surface area contributed by atoms with E-state index in [0.717, 1.165) is 11.1 Å². The molecule has 9 nitrogen and oxygen atoms in total. The van der Waals surface area contributed by atoms with E-state index in [9.17, 15) is 14.7 Å². The van der Waals surface area contributed by atoms with Crippen LogP contribution in [-0.4, -0.2) is 42.7 Å². The van der Waals surface area contributed by atoms with E-state index in [1.807, 2.05) is 58.0 Å². The molecule has 0 bridgehead atoms. The molecule has 3 aromatic carbocycles. The van der Waals surface area contributed by atoms with Crippen LogP contribution in [0.4, 0.5) is 5.69 Å². The number of hydrogen-bond donors (Lipinski definition) is 2. The number of carbonyl (C=O) groups is 2. The summed E-state index contributed by atoms with van der Waals surface area (Å²) >= 11 is 0. The Morgan fingerprint density at radius 1 is 0.973 bits per heavy atom. The van der Waals surface area contributed by atoms with Gasteiger partial charge in [-0.25, -0.2) is 0 Å². The minimum absolute atomic E-state index is 0.0618. The maximum atomic E-state index is 13.8. The van der Waals surface area contributed by atoms with Gasteiger partial charge in [0, 0.05) is 16.8 Å².